The summed E-state index contributed by atoms with van der Waals surface area (Å²) >= 11 is 0. The number of carbonyl (C=O) groups is 1. The van der Waals surface area contributed by atoms with Gasteiger partial charge in [0.15, 0.2) is 0 Å². The maximum atomic E-state index is 12.4. The second-order valence-corrected chi connectivity index (χ2v) is 4.62. The molecule has 1 fully saturated rings. The van der Waals surface area contributed by atoms with Crippen molar-refractivity contribution in [1.29, 1.82) is 0 Å². The van der Waals surface area contributed by atoms with Crippen LogP contribution in [-0.2, 0) is 0 Å². The van der Waals surface area contributed by atoms with E-state index >= 15 is 0 Å². The molecule has 0 atom stereocenters. The fourth-order valence-electron chi connectivity index (χ4n) is 2.51. The van der Waals surface area contributed by atoms with E-state index < -0.39 is 0 Å². The summed E-state index contributed by atoms with van der Waals surface area (Å²) in [7, 11) is 0. The van der Waals surface area contributed by atoms with E-state index in [4.69, 9.17) is 10.8 Å². The van der Waals surface area contributed by atoms with Crippen molar-refractivity contribution in [2.45, 2.75) is 31.7 Å². The molecule has 1 heterocycles. The number of pyridine rings is 1. The minimum atomic E-state index is -0.124. The lowest BCUT2D eigenvalue weighted by molar-refractivity contribution is 0.0638. The van der Waals surface area contributed by atoms with Gasteiger partial charge in [-0.05, 0) is 18.9 Å². The SMILES string of the molecule is Nc1ccncc1C(=O)N(CCO)C1CCCC1. The van der Waals surface area contributed by atoms with Crippen LogP contribution in [0.1, 0.15) is 36.0 Å². The summed E-state index contributed by atoms with van der Waals surface area (Å²) < 4.78 is 0. The molecule has 1 aromatic heterocycles. The zero-order valence-corrected chi connectivity index (χ0v) is 10.4. The van der Waals surface area contributed by atoms with E-state index in [1.54, 1.807) is 17.2 Å². The van der Waals surface area contributed by atoms with E-state index in [9.17, 15) is 4.79 Å². The molecular weight excluding hydrogens is 230 g/mol. The van der Waals surface area contributed by atoms with Crippen LogP contribution in [0, 0.1) is 0 Å². The zero-order chi connectivity index (χ0) is 13.0. The quantitative estimate of drug-likeness (QED) is 0.835. The number of hydrogen-bond acceptors (Lipinski definition) is 4. The van der Waals surface area contributed by atoms with Crippen molar-refractivity contribution in [2.24, 2.45) is 0 Å². The Morgan fingerprint density at radius 3 is 2.83 bits per heavy atom. The maximum Gasteiger partial charge on any atom is 0.257 e. The molecule has 0 aliphatic heterocycles. The molecule has 0 unspecified atom stereocenters. The lowest BCUT2D eigenvalue weighted by Crippen LogP contribution is -2.41. The van der Waals surface area contributed by atoms with Crippen LogP contribution in [0.5, 0.6) is 0 Å². The monoisotopic (exact) mass is 249 g/mol. The molecule has 1 aromatic rings. The molecule has 1 amide bonds. The third-order valence-electron chi connectivity index (χ3n) is 3.45. The summed E-state index contributed by atoms with van der Waals surface area (Å²) in [6.07, 6.45) is 7.36. The molecule has 0 radical (unpaired) electrons. The molecule has 2 rings (SSSR count). The number of anilines is 1. The lowest BCUT2D eigenvalue weighted by Gasteiger charge is -2.28. The van der Waals surface area contributed by atoms with E-state index in [1.165, 1.54) is 6.20 Å². The third-order valence-corrected chi connectivity index (χ3v) is 3.45. The standard InChI is InChI=1S/C13H19N3O2/c14-12-5-6-15-9-11(12)13(18)16(7-8-17)10-3-1-2-4-10/h5-6,9-10,17H,1-4,7-8H2,(H2,14,15). The number of aliphatic hydroxyl groups is 1. The lowest BCUT2D eigenvalue weighted by atomic mass is 10.1. The average Bonchev–Trinajstić information content (AvgIpc) is 2.89. The van der Waals surface area contributed by atoms with Gasteiger partial charge in [-0.1, -0.05) is 12.8 Å². The van der Waals surface area contributed by atoms with Crippen LogP contribution in [0.3, 0.4) is 0 Å². The number of nitrogens with zero attached hydrogens (tertiary/aromatic N) is 2. The highest BCUT2D eigenvalue weighted by molar-refractivity contribution is 5.98. The van der Waals surface area contributed by atoms with Crippen LogP contribution in [0.2, 0.25) is 0 Å². The van der Waals surface area contributed by atoms with Gasteiger partial charge in [0.1, 0.15) is 0 Å². The summed E-state index contributed by atoms with van der Waals surface area (Å²) in [6.45, 7) is 0.334. The first-order chi connectivity index (χ1) is 8.74. The number of aliphatic hydroxyl groups excluding tert-OH is 1. The highest BCUT2D eigenvalue weighted by Crippen LogP contribution is 2.25. The van der Waals surface area contributed by atoms with Crippen molar-refractivity contribution in [3.05, 3.63) is 24.0 Å². The number of nitrogens with two attached hydrogens (primary N) is 1. The Hall–Kier alpha value is -1.62. The highest BCUT2D eigenvalue weighted by atomic mass is 16.3. The van der Waals surface area contributed by atoms with Gasteiger partial charge in [-0.15, -0.1) is 0 Å². The summed E-state index contributed by atoms with van der Waals surface area (Å²) in [4.78, 5) is 18.1. The molecule has 18 heavy (non-hydrogen) atoms. The van der Waals surface area contributed by atoms with Gasteiger partial charge in [0.25, 0.3) is 5.91 Å². The summed E-state index contributed by atoms with van der Waals surface area (Å²) in [5.74, 6) is -0.124. The molecule has 1 aliphatic carbocycles. The van der Waals surface area contributed by atoms with Crippen molar-refractivity contribution < 1.29 is 9.90 Å². The van der Waals surface area contributed by atoms with Crippen molar-refractivity contribution in [3.63, 3.8) is 0 Å². The summed E-state index contributed by atoms with van der Waals surface area (Å²) in [6, 6.07) is 1.85. The number of carbonyl (C=O) groups excluding carboxylic acids is 1. The van der Waals surface area contributed by atoms with Crippen molar-refractivity contribution in [1.82, 2.24) is 9.88 Å². The van der Waals surface area contributed by atoms with Gasteiger partial charge in [-0.3, -0.25) is 9.78 Å². The Kier molecular flexibility index (Phi) is 4.15. The van der Waals surface area contributed by atoms with Crippen LogP contribution in [0.25, 0.3) is 0 Å². The molecule has 0 saturated heterocycles. The van der Waals surface area contributed by atoms with E-state index in [0.29, 0.717) is 17.8 Å². The van der Waals surface area contributed by atoms with Gasteiger partial charge in [-0.2, -0.15) is 0 Å². The second kappa shape index (κ2) is 5.82. The fourth-order valence-corrected chi connectivity index (χ4v) is 2.51. The molecule has 1 aliphatic rings. The van der Waals surface area contributed by atoms with Gasteiger partial charge in [0.05, 0.1) is 12.2 Å². The molecule has 5 heteroatoms. The van der Waals surface area contributed by atoms with Crippen molar-refractivity contribution in [2.75, 3.05) is 18.9 Å². The van der Waals surface area contributed by atoms with E-state index in [2.05, 4.69) is 4.98 Å². The van der Waals surface area contributed by atoms with E-state index in [1.807, 2.05) is 0 Å². The van der Waals surface area contributed by atoms with Gasteiger partial charge in [-0.25, -0.2) is 0 Å². The Labute approximate surface area is 107 Å². The first kappa shape index (κ1) is 12.8. The van der Waals surface area contributed by atoms with Crippen LogP contribution in [0.4, 0.5) is 5.69 Å². The second-order valence-electron chi connectivity index (χ2n) is 4.62. The van der Waals surface area contributed by atoms with Gasteiger partial charge in [0.2, 0.25) is 0 Å². The summed E-state index contributed by atoms with van der Waals surface area (Å²) in [5.41, 5.74) is 6.67. The third kappa shape index (κ3) is 2.61. The average molecular weight is 249 g/mol. The van der Waals surface area contributed by atoms with Gasteiger partial charge >= 0.3 is 0 Å². The number of aromatic nitrogens is 1. The molecule has 0 spiro atoms. The Morgan fingerprint density at radius 1 is 1.50 bits per heavy atom. The predicted molar refractivity (Wildman–Crippen MR) is 69.0 cm³/mol. The van der Waals surface area contributed by atoms with Crippen molar-refractivity contribution >= 4 is 11.6 Å². The van der Waals surface area contributed by atoms with Crippen LogP contribution >= 0.6 is 0 Å². The number of nitrogen functional groups attached to an aromatic ring is 1. The number of rotatable bonds is 4. The number of amides is 1. The zero-order valence-electron chi connectivity index (χ0n) is 10.4. The van der Waals surface area contributed by atoms with E-state index in [-0.39, 0.29) is 18.6 Å². The molecule has 5 nitrogen and oxygen atoms in total. The minimum Gasteiger partial charge on any atom is -0.398 e. The smallest absolute Gasteiger partial charge is 0.257 e. The molecule has 0 aromatic carbocycles. The normalized spacial score (nSPS) is 15.8. The number of hydrogen-bond donors (Lipinski definition) is 2. The molecular formula is C13H19N3O2. The topological polar surface area (TPSA) is 79.5 Å². The Morgan fingerprint density at radius 2 is 2.22 bits per heavy atom. The van der Waals surface area contributed by atoms with Gasteiger partial charge < -0.3 is 15.7 Å². The highest BCUT2D eigenvalue weighted by Gasteiger charge is 2.27. The molecule has 3 N–H and O–H groups in total. The first-order valence-corrected chi connectivity index (χ1v) is 6.35. The molecule has 98 valence electrons. The van der Waals surface area contributed by atoms with E-state index in [0.717, 1.165) is 25.7 Å². The Bertz CT molecular complexity index is 416. The van der Waals surface area contributed by atoms with Crippen LogP contribution in [-0.4, -0.2) is 40.1 Å². The van der Waals surface area contributed by atoms with Crippen LogP contribution in [0.15, 0.2) is 18.5 Å². The molecule has 0 bridgehead atoms. The first-order valence-electron chi connectivity index (χ1n) is 6.35. The largest absolute Gasteiger partial charge is 0.398 e. The van der Waals surface area contributed by atoms with Crippen molar-refractivity contribution in [3.8, 4) is 0 Å². The maximum absolute atomic E-state index is 12.4. The van der Waals surface area contributed by atoms with Crippen LogP contribution < -0.4 is 5.73 Å². The predicted octanol–water partition coefficient (Wildman–Crippen LogP) is 1.04. The van der Waals surface area contributed by atoms with Gasteiger partial charge in [0, 0.05) is 30.7 Å². The Balaban J connectivity index is 2.20. The summed E-state index contributed by atoms with van der Waals surface area (Å²) in [5, 5.41) is 9.12. The minimum absolute atomic E-state index is 0.0254. The molecule has 1 saturated carbocycles. The fraction of sp³-hybridized carbons (Fsp3) is 0.538.